The minimum Gasteiger partial charge on any atom is -0.308 e. The molecule has 22 heavy (non-hydrogen) atoms. The third-order valence-corrected chi connectivity index (χ3v) is 3.44. The number of aryl methyl sites for hydroxylation is 3. The highest BCUT2D eigenvalue weighted by Gasteiger charge is 2.11. The zero-order valence-electron chi connectivity index (χ0n) is 12.6. The van der Waals surface area contributed by atoms with E-state index in [4.69, 9.17) is 0 Å². The lowest BCUT2D eigenvalue weighted by Crippen LogP contribution is -2.20. The molecule has 0 atom stereocenters. The average molecular weight is 299 g/mol. The van der Waals surface area contributed by atoms with Crippen LogP contribution in [0.15, 0.2) is 36.4 Å². The molecule has 0 heterocycles. The minimum absolute atomic E-state index is 0.0629. The van der Waals surface area contributed by atoms with Gasteiger partial charge in [0.1, 0.15) is 0 Å². The Hall–Kier alpha value is -2.89. The van der Waals surface area contributed by atoms with Gasteiger partial charge in [-0.3, -0.25) is 10.1 Å². The average Bonchev–Trinajstić information content (AvgIpc) is 2.45. The molecule has 0 radical (unpaired) electrons. The SMILES string of the molecule is Cc1ccc(NC(=O)Nc2cc([N+](=O)[O-])ccc2C)cc1C. The number of nitrogens with one attached hydrogen (secondary N) is 2. The van der Waals surface area contributed by atoms with E-state index in [1.54, 1.807) is 13.0 Å². The van der Waals surface area contributed by atoms with Gasteiger partial charge in [-0.15, -0.1) is 0 Å². The highest BCUT2D eigenvalue weighted by atomic mass is 16.6. The first kappa shape index (κ1) is 15.5. The molecule has 0 bridgehead atoms. The van der Waals surface area contributed by atoms with E-state index in [0.717, 1.165) is 16.7 Å². The van der Waals surface area contributed by atoms with Crippen LogP contribution in [0.5, 0.6) is 0 Å². The summed E-state index contributed by atoms with van der Waals surface area (Å²) in [6, 6.07) is 9.51. The van der Waals surface area contributed by atoms with Crippen LogP contribution in [0.3, 0.4) is 0 Å². The summed E-state index contributed by atoms with van der Waals surface area (Å²) in [5, 5.41) is 16.1. The fourth-order valence-corrected chi connectivity index (χ4v) is 1.96. The molecule has 0 aromatic heterocycles. The smallest absolute Gasteiger partial charge is 0.308 e. The van der Waals surface area contributed by atoms with Crippen molar-refractivity contribution >= 4 is 23.1 Å². The van der Waals surface area contributed by atoms with Crippen LogP contribution in [0.1, 0.15) is 16.7 Å². The summed E-state index contributed by atoms with van der Waals surface area (Å²) in [5.74, 6) is 0. The fraction of sp³-hybridized carbons (Fsp3) is 0.188. The Balaban J connectivity index is 2.13. The maximum Gasteiger partial charge on any atom is 0.323 e. The fourth-order valence-electron chi connectivity index (χ4n) is 1.96. The van der Waals surface area contributed by atoms with Crippen molar-refractivity contribution in [1.29, 1.82) is 0 Å². The van der Waals surface area contributed by atoms with E-state index in [9.17, 15) is 14.9 Å². The van der Waals surface area contributed by atoms with Crippen molar-refractivity contribution in [2.24, 2.45) is 0 Å². The maximum atomic E-state index is 12.0. The molecule has 2 aromatic rings. The van der Waals surface area contributed by atoms with Gasteiger partial charge in [0.05, 0.1) is 10.6 Å². The molecule has 0 spiro atoms. The number of carbonyl (C=O) groups is 1. The minimum atomic E-state index is -0.494. The summed E-state index contributed by atoms with van der Waals surface area (Å²) >= 11 is 0. The molecular formula is C16H17N3O3. The Kier molecular flexibility index (Phi) is 4.41. The van der Waals surface area contributed by atoms with Crippen molar-refractivity contribution in [1.82, 2.24) is 0 Å². The third-order valence-electron chi connectivity index (χ3n) is 3.44. The molecule has 2 N–H and O–H groups in total. The lowest BCUT2D eigenvalue weighted by atomic mass is 10.1. The number of amides is 2. The monoisotopic (exact) mass is 299 g/mol. The molecule has 6 nitrogen and oxygen atoms in total. The normalized spacial score (nSPS) is 10.1. The van der Waals surface area contributed by atoms with E-state index in [-0.39, 0.29) is 5.69 Å². The van der Waals surface area contributed by atoms with E-state index in [1.807, 2.05) is 32.0 Å². The van der Waals surface area contributed by atoms with Crippen LogP contribution in [0.25, 0.3) is 0 Å². The van der Waals surface area contributed by atoms with Gasteiger partial charge in [0.25, 0.3) is 5.69 Å². The van der Waals surface area contributed by atoms with Crippen LogP contribution in [-0.2, 0) is 0 Å². The maximum absolute atomic E-state index is 12.0. The topological polar surface area (TPSA) is 84.3 Å². The number of rotatable bonds is 3. The van der Waals surface area contributed by atoms with Gasteiger partial charge in [0, 0.05) is 17.8 Å². The van der Waals surface area contributed by atoms with Gasteiger partial charge < -0.3 is 10.6 Å². The molecule has 0 aliphatic rings. The van der Waals surface area contributed by atoms with Crippen molar-refractivity contribution in [3.05, 3.63) is 63.2 Å². The summed E-state index contributed by atoms with van der Waals surface area (Å²) in [6.45, 7) is 5.73. The first-order valence-corrected chi connectivity index (χ1v) is 6.77. The Morgan fingerprint density at radius 3 is 2.27 bits per heavy atom. The van der Waals surface area contributed by atoms with Crippen molar-refractivity contribution in [3.63, 3.8) is 0 Å². The van der Waals surface area contributed by atoms with Crippen LogP contribution >= 0.6 is 0 Å². The molecule has 0 aliphatic carbocycles. The first-order valence-electron chi connectivity index (χ1n) is 6.77. The largest absolute Gasteiger partial charge is 0.323 e. The molecule has 0 aliphatic heterocycles. The van der Waals surface area contributed by atoms with Gasteiger partial charge in [0.15, 0.2) is 0 Å². The van der Waals surface area contributed by atoms with E-state index in [1.165, 1.54) is 12.1 Å². The van der Waals surface area contributed by atoms with E-state index >= 15 is 0 Å². The van der Waals surface area contributed by atoms with Crippen LogP contribution in [0.4, 0.5) is 21.9 Å². The van der Waals surface area contributed by atoms with Gasteiger partial charge in [-0.25, -0.2) is 4.79 Å². The van der Waals surface area contributed by atoms with Gasteiger partial charge in [0.2, 0.25) is 0 Å². The number of hydrogen-bond donors (Lipinski definition) is 2. The molecule has 0 fully saturated rings. The lowest BCUT2D eigenvalue weighted by molar-refractivity contribution is -0.384. The summed E-state index contributed by atoms with van der Waals surface area (Å²) in [7, 11) is 0. The van der Waals surface area contributed by atoms with Gasteiger partial charge >= 0.3 is 6.03 Å². The summed E-state index contributed by atoms with van der Waals surface area (Å²) in [4.78, 5) is 22.3. The van der Waals surface area contributed by atoms with Crippen LogP contribution < -0.4 is 10.6 Å². The molecular weight excluding hydrogens is 282 g/mol. The van der Waals surface area contributed by atoms with Gasteiger partial charge in [-0.05, 0) is 49.6 Å². The number of nitro groups is 1. The number of nitrogens with zero attached hydrogens (tertiary/aromatic N) is 1. The molecule has 6 heteroatoms. The predicted octanol–water partition coefficient (Wildman–Crippen LogP) is 4.16. The number of benzene rings is 2. The van der Waals surface area contributed by atoms with E-state index < -0.39 is 11.0 Å². The quantitative estimate of drug-likeness (QED) is 0.659. The Labute approximate surface area is 128 Å². The molecule has 2 amide bonds. The molecule has 0 saturated heterocycles. The highest BCUT2D eigenvalue weighted by molar-refractivity contribution is 6.00. The Morgan fingerprint density at radius 1 is 0.955 bits per heavy atom. The number of anilines is 2. The van der Waals surface area contributed by atoms with E-state index in [0.29, 0.717) is 11.4 Å². The summed E-state index contributed by atoms with van der Waals surface area (Å²) < 4.78 is 0. The molecule has 0 unspecified atom stereocenters. The molecule has 114 valence electrons. The highest BCUT2D eigenvalue weighted by Crippen LogP contribution is 2.22. The second-order valence-electron chi connectivity index (χ2n) is 5.13. The zero-order valence-corrected chi connectivity index (χ0v) is 12.6. The van der Waals surface area contributed by atoms with Crippen molar-refractivity contribution in [2.75, 3.05) is 10.6 Å². The second-order valence-corrected chi connectivity index (χ2v) is 5.13. The van der Waals surface area contributed by atoms with Crippen LogP contribution in [0, 0.1) is 30.9 Å². The number of carbonyl (C=O) groups excluding carboxylic acids is 1. The number of nitro benzene ring substituents is 1. The molecule has 2 rings (SSSR count). The lowest BCUT2D eigenvalue weighted by Gasteiger charge is -2.11. The predicted molar refractivity (Wildman–Crippen MR) is 86.4 cm³/mol. The Bertz CT molecular complexity index is 741. The van der Waals surface area contributed by atoms with Crippen LogP contribution in [0.2, 0.25) is 0 Å². The van der Waals surface area contributed by atoms with Crippen molar-refractivity contribution in [3.8, 4) is 0 Å². The van der Waals surface area contributed by atoms with Crippen molar-refractivity contribution in [2.45, 2.75) is 20.8 Å². The van der Waals surface area contributed by atoms with Crippen LogP contribution in [-0.4, -0.2) is 11.0 Å². The first-order chi connectivity index (χ1) is 10.4. The summed E-state index contributed by atoms with van der Waals surface area (Å²) in [5.41, 5.74) is 3.98. The Morgan fingerprint density at radius 2 is 1.64 bits per heavy atom. The van der Waals surface area contributed by atoms with Gasteiger partial charge in [-0.2, -0.15) is 0 Å². The standard InChI is InChI=1S/C16H17N3O3/c1-10-4-6-13(8-12(10)3)17-16(20)18-15-9-14(19(21)22)7-5-11(15)2/h4-9H,1-3H3,(H2,17,18,20). The number of non-ortho nitro benzene ring substituents is 1. The molecule has 2 aromatic carbocycles. The third kappa shape index (κ3) is 3.60. The second kappa shape index (κ2) is 6.26. The van der Waals surface area contributed by atoms with Crippen molar-refractivity contribution < 1.29 is 9.72 Å². The summed E-state index contributed by atoms with van der Waals surface area (Å²) in [6.07, 6.45) is 0. The number of hydrogen-bond acceptors (Lipinski definition) is 3. The zero-order chi connectivity index (χ0) is 16.3. The van der Waals surface area contributed by atoms with E-state index in [2.05, 4.69) is 10.6 Å². The molecule has 0 saturated carbocycles. The van der Waals surface area contributed by atoms with Gasteiger partial charge in [-0.1, -0.05) is 12.1 Å². The number of urea groups is 1.